The maximum Gasteiger partial charge on any atom is 0.325 e. The maximum absolute atomic E-state index is 12.6. The summed E-state index contributed by atoms with van der Waals surface area (Å²) in [6.45, 7) is 0.695. The fraction of sp³-hybridized carbons (Fsp3) is 0.467. The van der Waals surface area contributed by atoms with Gasteiger partial charge in [0.15, 0.2) is 0 Å². The summed E-state index contributed by atoms with van der Waals surface area (Å²) >= 11 is 0. The molecule has 1 fully saturated rings. The van der Waals surface area contributed by atoms with Gasteiger partial charge in [0.25, 0.3) is 0 Å². The molecule has 1 amide bonds. The zero-order valence-electron chi connectivity index (χ0n) is 11.7. The number of ether oxygens (including phenoxy) is 1. The Morgan fingerprint density at radius 3 is 2.45 bits per heavy atom. The van der Waals surface area contributed by atoms with Gasteiger partial charge in [-0.05, 0) is 18.4 Å². The Morgan fingerprint density at radius 2 is 1.95 bits per heavy atom. The van der Waals surface area contributed by atoms with Crippen LogP contribution in [-0.2, 0) is 20.9 Å². The Hall–Kier alpha value is -1.88. The molecule has 0 heterocycles. The van der Waals surface area contributed by atoms with Gasteiger partial charge < -0.3 is 15.4 Å². The summed E-state index contributed by atoms with van der Waals surface area (Å²) in [5.74, 6) is -0.462. The van der Waals surface area contributed by atoms with Crippen molar-refractivity contribution in [2.45, 2.75) is 19.4 Å². The molecule has 0 aromatic heterocycles. The van der Waals surface area contributed by atoms with E-state index in [9.17, 15) is 9.59 Å². The van der Waals surface area contributed by atoms with E-state index in [1.54, 1.807) is 4.90 Å². The average molecular weight is 276 g/mol. The number of carbonyl (C=O) groups excluding carboxylic acids is 2. The average Bonchev–Trinajstić information content (AvgIpc) is 3.28. The lowest BCUT2D eigenvalue weighted by molar-refractivity contribution is -0.149. The quantitative estimate of drug-likeness (QED) is 0.784. The Kier molecular flexibility index (Phi) is 4.39. The van der Waals surface area contributed by atoms with Gasteiger partial charge in [-0.1, -0.05) is 30.3 Å². The molecule has 0 saturated heterocycles. The molecule has 1 aliphatic rings. The summed E-state index contributed by atoms with van der Waals surface area (Å²) in [6, 6.07) is 9.59. The first-order chi connectivity index (χ1) is 9.61. The second kappa shape index (κ2) is 6.05. The largest absolute Gasteiger partial charge is 0.468 e. The van der Waals surface area contributed by atoms with Crippen molar-refractivity contribution in [3.05, 3.63) is 35.9 Å². The molecule has 0 radical (unpaired) electrons. The Labute approximate surface area is 118 Å². The Morgan fingerprint density at radius 1 is 1.30 bits per heavy atom. The van der Waals surface area contributed by atoms with Crippen LogP contribution in [0.25, 0.3) is 0 Å². The minimum Gasteiger partial charge on any atom is -0.468 e. The third kappa shape index (κ3) is 3.17. The summed E-state index contributed by atoms with van der Waals surface area (Å²) < 4.78 is 4.67. The lowest BCUT2D eigenvalue weighted by Crippen LogP contribution is -2.43. The molecule has 108 valence electrons. The maximum atomic E-state index is 12.6. The number of nitrogens with two attached hydrogens (primary N) is 1. The highest BCUT2D eigenvalue weighted by atomic mass is 16.5. The van der Waals surface area contributed by atoms with Crippen LogP contribution in [0.2, 0.25) is 0 Å². The predicted molar refractivity (Wildman–Crippen MR) is 74.6 cm³/mol. The fourth-order valence-electron chi connectivity index (χ4n) is 2.22. The van der Waals surface area contributed by atoms with Gasteiger partial charge in [-0.3, -0.25) is 9.59 Å². The van der Waals surface area contributed by atoms with Gasteiger partial charge in [0.05, 0.1) is 12.5 Å². The second-order valence-electron chi connectivity index (χ2n) is 5.21. The van der Waals surface area contributed by atoms with Crippen LogP contribution in [0.4, 0.5) is 0 Å². The molecule has 1 saturated carbocycles. The summed E-state index contributed by atoms with van der Waals surface area (Å²) in [6.07, 6.45) is 1.60. The van der Waals surface area contributed by atoms with E-state index in [4.69, 9.17) is 5.73 Å². The van der Waals surface area contributed by atoms with Gasteiger partial charge >= 0.3 is 5.97 Å². The number of rotatable bonds is 6. The summed E-state index contributed by atoms with van der Waals surface area (Å²) in [5.41, 5.74) is 6.23. The first kappa shape index (κ1) is 14.5. The predicted octanol–water partition coefficient (Wildman–Crippen LogP) is 0.927. The lowest BCUT2D eigenvalue weighted by Gasteiger charge is -2.26. The van der Waals surface area contributed by atoms with E-state index in [2.05, 4.69) is 4.74 Å². The smallest absolute Gasteiger partial charge is 0.325 e. The lowest BCUT2D eigenvalue weighted by atomic mass is 10.1. The molecular formula is C15H20N2O3. The topological polar surface area (TPSA) is 72.6 Å². The third-order valence-corrected chi connectivity index (χ3v) is 3.75. The Bertz CT molecular complexity index is 483. The molecule has 5 nitrogen and oxygen atoms in total. The minimum absolute atomic E-state index is 0.0357. The van der Waals surface area contributed by atoms with Gasteiger partial charge in [-0.25, -0.2) is 0 Å². The van der Waals surface area contributed by atoms with E-state index in [1.165, 1.54) is 7.11 Å². The van der Waals surface area contributed by atoms with Crippen molar-refractivity contribution in [2.24, 2.45) is 11.1 Å². The van der Waals surface area contributed by atoms with Crippen molar-refractivity contribution >= 4 is 11.9 Å². The summed E-state index contributed by atoms with van der Waals surface area (Å²) in [4.78, 5) is 25.6. The van der Waals surface area contributed by atoms with Crippen LogP contribution in [0.5, 0.6) is 0 Å². The van der Waals surface area contributed by atoms with Gasteiger partial charge in [0.1, 0.15) is 6.54 Å². The molecule has 1 aromatic carbocycles. The molecular weight excluding hydrogens is 256 g/mol. The molecule has 1 aliphatic carbocycles. The highest BCUT2D eigenvalue weighted by Gasteiger charge is 2.50. The molecule has 2 rings (SSSR count). The highest BCUT2D eigenvalue weighted by Crippen LogP contribution is 2.46. The van der Waals surface area contributed by atoms with Gasteiger partial charge in [0.2, 0.25) is 5.91 Å². The second-order valence-corrected chi connectivity index (χ2v) is 5.21. The molecule has 0 bridgehead atoms. The van der Waals surface area contributed by atoms with Crippen molar-refractivity contribution in [1.29, 1.82) is 0 Å². The number of amides is 1. The summed E-state index contributed by atoms with van der Waals surface area (Å²) in [7, 11) is 1.32. The number of hydrogen-bond acceptors (Lipinski definition) is 4. The summed E-state index contributed by atoms with van der Waals surface area (Å²) in [5, 5.41) is 0. The number of methoxy groups -OCH3 is 1. The molecule has 0 aliphatic heterocycles. The van der Waals surface area contributed by atoms with Crippen molar-refractivity contribution in [3.8, 4) is 0 Å². The number of hydrogen-bond donors (Lipinski definition) is 1. The Balaban J connectivity index is 2.12. The highest BCUT2D eigenvalue weighted by molar-refractivity contribution is 5.88. The van der Waals surface area contributed by atoms with Crippen molar-refractivity contribution in [1.82, 2.24) is 4.90 Å². The first-order valence-corrected chi connectivity index (χ1v) is 6.71. The molecule has 0 spiro atoms. The third-order valence-electron chi connectivity index (χ3n) is 3.75. The van der Waals surface area contributed by atoms with Gasteiger partial charge in [-0.15, -0.1) is 0 Å². The van der Waals surface area contributed by atoms with E-state index in [0.717, 1.165) is 18.4 Å². The number of carbonyl (C=O) groups is 2. The van der Waals surface area contributed by atoms with Crippen LogP contribution in [0.15, 0.2) is 30.3 Å². The van der Waals surface area contributed by atoms with E-state index in [1.807, 2.05) is 30.3 Å². The molecule has 20 heavy (non-hydrogen) atoms. The normalized spacial score (nSPS) is 15.5. The minimum atomic E-state index is -0.456. The van der Waals surface area contributed by atoms with Crippen molar-refractivity contribution in [2.75, 3.05) is 20.2 Å². The fourth-order valence-corrected chi connectivity index (χ4v) is 2.22. The van der Waals surface area contributed by atoms with Gasteiger partial charge in [0, 0.05) is 13.1 Å². The van der Waals surface area contributed by atoms with Gasteiger partial charge in [-0.2, -0.15) is 0 Å². The van der Waals surface area contributed by atoms with Crippen molar-refractivity contribution in [3.63, 3.8) is 0 Å². The number of esters is 1. The zero-order chi connectivity index (χ0) is 14.6. The first-order valence-electron chi connectivity index (χ1n) is 6.71. The number of nitrogens with zero attached hydrogens (tertiary/aromatic N) is 1. The monoisotopic (exact) mass is 276 g/mol. The van der Waals surface area contributed by atoms with E-state index < -0.39 is 11.4 Å². The van der Waals surface area contributed by atoms with E-state index >= 15 is 0 Å². The SMILES string of the molecule is COC(=O)CN(Cc1ccccc1)C(=O)C1(CN)CC1. The molecule has 2 N–H and O–H groups in total. The standard InChI is InChI=1S/C15H20N2O3/c1-20-13(18)10-17(9-12-5-3-2-4-6-12)14(19)15(11-16)7-8-15/h2-6H,7-11,16H2,1H3. The molecule has 5 heteroatoms. The molecule has 1 aromatic rings. The van der Waals surface area contributed by atoms with Crippen LogP contribution in [0.1, 0.15) is 18.4 Å². The van der Waals surface area contributed by atoms with Crippen LogP contribution in [0, 0.1) is 5.41 Å². The number of benzene rings is 1. The van der Waals surface area contributed by atoms with Crippen LogP contribution in [-0.4, -0.2) is 37.0 Å². The molecule has 0 atom stereocenters. The van der Waals surface area contributed by atoms with E-state index in [0.29, 0.717) is 13.1 Å². The van der Waals surface area contributed by atoms with E-state index in [-0.39, 0.29) is 12.5 Å². The van der Waals surface area contributed by atoms with Crippen LogP contribution < -0.4 is 5.73 Å². The van der Waals surface area contributed by atoms with Crippen LogP contribution >= 0.6 is 0 Å². The van der Waals surface area contributed by atoms with Crippen molar-refractivity contribution < 1.29 is 14.3 Å². The van der Waals surface area contributed by atoms with Crippen LogP contribution in [0.3, 0.4) is 0 Å². The zero-order valence-corrected chi connectivity index (χ0v) is 11.7. The molecule has 0 unspecified atom stereocenters.